The Hall–Kier alpha value is -3.00. The average Bonchev–Trinajstić information content (AvgIpc) is 2.59. The van der Waals surface area contributed by atoms with Gasteiger partial charge in [0, 0.05) is 18.5 Å². The highest BCUT2D eigenvalue weighted by molar-refractivity contribution is 7.89. The van der Waals surface area contributed by atoms with E-state index in [1.165, 1.54) is 22.6 Å². The number of fused-ring (bicyclic) bond motifs is 1. The quantitative estimate of drug-likeness (QED) is 0.631. The fraction of sp³-hybridized carbons (Fsp3) is 0.167. The van der Waals surface area contributed by atoms with E-state index in [2.05, 4.69) is 4.98 Å². The van der Waals surface area contributed by atoms with Crippen molar-refractivity contribution in [3.8, 4) is 0 Å². The van der Waals surface area contributed by atoms with Gasteiger partial charge < -0.3 is 4.74 Å². The van der Waals surface area contributed by atoms with Gasteiger partial charge in [0.15, 0.2) is 9.84 Å². The van der Waals surface area contributed by atoms with Crippen LogP contribution in [-0.4, -0.2) is 30.0 Å². The fourth-order valence-corrected chi connectivity index (χ4v) is 3.24. The Labute approximate surface area is 149 Å². The number of benzene rings is 1. The Balaban J connectivity index is 1.70. The van der Waals surface area contributed by atoms with E-state index in [1.807, 2.05) is 0 Å². The van der Waals surface area contributed by atoms with Gasteiger partial charge in [0.2, 0.25) is 0 Å². The Kier molecular flexibility index (Phi) is 4.85. The van der Waals surface area contributed by atoms with E-state index in [0.29, 0.717) is 22.5 Å². The van der Waals surface area contributed by atoms with Gasteiger partial charge in [-0.3, -0.25) is 9.20 Å². The Morgan fingerprint density at radius 2 is 1.88 bits per heavy atom. The number of esters is 1. The molecule has 0 aliphatic carbocycles. The molecule has 0 unspecified atom stereocenters. The van der Waals surface area contributed by atoms with Crippen LogP contribution in [0.5, 0.6) is 0 Å². The summed E-state index contributed by atoms with van der Waals surface area (Å²) in [5.74, 6) is -0.668. The maximum atomic E-state index is 12.1. The lowest BCUT2D eigenvalue weighted by atomic mass is 10.1. The third-order valence-electron chi connectivity index (χ3n) is 3.59. The first-order valence-electron chi connectivity index (χ1n) is 7.73. The number of hydrogen-bond donors (Lipinski definition) is 0. The molecule has 3 rings (SSSR count). The molecule has 0 aliphatic rings. The summed E-state index contributed by atoms with van der Waals surface area (Å²) >= 11 is 0. The average molecular weight is 372 g/mol. The first-order valence-corrected chi connectivity index (χ1v) is 9.79. The molecule has 2 aromatic heterocycles. The van der Waals surface area contributed by atoms with E-state index in [0.717, 1.165) is 6.26 Å². The molecule has 0 saturated heterocycles. The van der Waals surface area contributed by atoms with Crippen molar-refractivity contribution in [2.45, 2.75) is 12.4 Å². The predicted molar refractivity (Wildman–Crippen MR) is 95.6 cm³/mol. The lowest BCUT2D eigenvalue weighted by Crippen LogP contribution is -2.16. The summed E-state index contributed by atoms with van der Waals surface area (Å²) in [5, 5.41) is 0. The van der Waals surface area contributed by atoms with Crippen molar-refractivity contribution in [1.29, 1.82) is 0 Å². The maximum absolute atomic E-state index is 12.1. The van der Waals surface area contributed by atoms with E-state index in [1.54, 1.807) is 36.5 Å². The molecule has 0 radical (unpaired) electrons. The molecule has 7 nitrogen and oxygen atoms in total. The third kappa shape index (κ3) is 4.34. The minimum absolute atomic E-state index is 0.0900. The van der Waals surface area contributed by atoms with Gasteiger partial charge in [-0.15, -0.1) is 0 Å². The van der Waals surface area contributed by atoms with Gasteiger partial charge in [-0.2, -0.15) is 0 Å². The van der Waals surface area contributed by atoms with Crippen LogP contribution in [0.3, 0.4) is 0 Å². The van der Waals surface area contributed by atoms with Crippen molar-refractivity contribution in [1.82, 2.24) is 9.38 Å². The van der Waals surface area contributed by atoms with Crippen molar-refractivity contribution in [2.24, 2.45) is 0 Å². The molecule has 0 saturated carbocycles. The number of carbonyl (C=O) groups is 1. The number of sulfone groups is 1. The fourth-order valence-electron chi connectivity index (χ4n) is 2.44. The van der Waals surface area contributed by atoms with Crippen LogP contribution in [0.15, 0.2) is 59.5 Å². The van der Waals surface area contributed by atoms with E-state index in [-0.39, 0.29) is 17.9 Å². The lowest BCUT2D eigenvalue weighted by molar-refractivity contribution is 0.0467. The van der Waals surface area contributed by atoms with E-state index in [4.69, 9.17) is 4.74 Å². The van der Waals surface area contributed by atoms with E-state index < -0.39 is 15.8 Å². The second-order valence-electron chi connectivity index (χ2n) is 5.86. The molecule has 0 aliphatic heterocycles. The summed E-state index contributed by atoms with van der Waals surface area (Å²) in [6.07, 6.45) is 2.76. The molecule has 0 spiro atoms. The zero-order valence-electron chi connectivity index (χ0n) is 14.0. The van der Waals surface area contributed by atoms with Gasteiger partial charge in [-0.1, -0.05) is 18.2 Å². The highest BCUT2D eigenvalue weighted by Crippen LogP contribution is 2.10. The Morgan fingerprint density at radius 3 is 2.58 bits per heavy atom. The Morgan fingerprint density at radius 1 is 1.15 bits per heavy atom. The summed E-state index contributed by atoms with van der Waals surface area (Å²) in [5.41, 5.74) is 1.44. The molecule has 0 atom stereocenters. The number of pyridine rings is 1. The van der Waals surface area contributed by atoms with E-state index >= 15 is 0 Å². The zero-order valence-corrected chi connectivity index (χ0v) is 14.8. The topological polar surface area (TPSA) is 94.8 Å². The summed E-state index contributed by atoms with van der Waals surface area (Å²) in [7, 11) is -3.13. The third-order valence-corrected chi connectivity index (χ3v) is 4.45. The number of hydrogen-bond acceptors (Lipinski definition) is 6. The number of carbonyl (C=O) groups excluding carboxylic acids is 1. The largest absolute Gasteiger partial charge is 0.456 e. The SMILES string of the molecule is CS(=O)(=O)Cc1ccc(C(=O)OCc2cc(=O)n3ccccc3n2)cc1. The van der Waals surface area contributed by atoms with Crippen molar-refractivity contribution >= 4 is 21.5 Å². The molecule has 0 N–H and O–H groups in total. The van der Waals surface area contributed by atoms with Gasteiger partial charge >= 0.3 is 5.97 Å². The molecule has 8 heteroatoms. The first-order chi connectivity index (χ1) is 12.3. The van der Waals surface area contributed by atoms with Crippen LogP contribution in [-0.2, 0) is 26.9 Å². The number of aromatic nitrogens is 2. The summed E-state index contributed by atoms with van der Waals surface area (Å²) in [6.45, 7) is -0.134. The van der Waals surface area contributed by atoms with Gasteiger partial charge in [-0.05, 0) is 29.8 Å². The number of rotatable bonds is 5. The van der Waals surface area contributed by atoms with Crippen LogP contribution in [0.4, 0.5) is 0 Å². The molecule has 2 heterocycles. The molecular formula is C18H16N2O5S. The van der Waals surface area contributed by atoms with Crippen LogP contribution >= 0.6 is 0 Å². The van der Waals surface area contributed by atoms with Gasteiger partial charge in [0.25, 0.3) is 5.56 Å². The smallest absolute Gasteiger partial charge is 0.338 e. The molecule has 26 heavy (non-hydrogen) atoms. The molecule has 0 amide bonds. The van der Waals surface area contributed by atoms with Crippen LogP contribution in [0.2, 0.25) is 0 Å². The highest BCUT2D eigenvalue weighted by Gasteiger charge is 2.10. The highest BCUT2D eigenvalue weighted by atomic mass is 32.2. The molecule has 1 aromatic carbocycles. The van der Waals surface area contributed by atoms with Crippen molar-refractivity contribution in [3.05, 3.63) is 81.9 Å². The summed E-state index contributed by atoms with van der Waals surface area (Å²) < 4.78 is 29.1. The van der Waals surface area contributed by atoms with Gasteiger partial charge in [0.1, 0.15) is 12.3 Å². The predicted octanol–water partition coefficient (Wildman–Crippen LogP) is 1.60. The van der Waals surface area contributed by atoms with Crippen molar-refractivity contribution < 1.29 is 17.9 Å². The summed E-state index contributed by atoms with van der Waals surface area (Å²) in [6, 6.07) is 12.6. The Bertz CT molecular complexity index is 1120. The van der Waals surface area contributed by atoms with Gasteiger partial charge in [-0.25, -0.2) is 18.2 Å². The second kappa shape index (κ2) is 7.09. The summed E-state index contributed by atoms with van der Waals surface area (Å²) in [4.78, 5) is 28.4. The zero-order chi connectivity index (χ0) is 18.7. The van der Waals surface area contributed by atoms with E-state index in [9.17, 15) is 18.0 Å². The monoisotopic (exact) mass is 372 g/mol. The maximum Gasteiger partial charge on any atom is 0.338 e. The van der Waals surface area contributed by atoms with Crippen LogP contribution in [0.25, 0.3) is 5.65 Å². The lowest BCUT2D eigenvalue weighted by Gasteiger charge is -2.06. The standard InChI is InChI=1S/C18H16N2O5S/c1-26(23,24)12-13-5-7-14(8-6-13)18(22)25-11-15-10-17(21)20-9-3-2-4-16(20)19-15/h2-10H,11-12H2,1H3. The molecule has 134 valence electrons. The minimum Gasteiger partial charge on any atom is -0.456 e. The second-order valence-corrected chi connectivity index (χ2v) is 8.00. The normalized spacial score (nSPS) is 11.4. The van der Waals surface area contributed by atoms with Crippen LogP contribution < -0.4 is 5.56 Å². The van der Waals surface area contributed by atoms with Crippen LogP contribution in [0, 0.1) is 0 Å². The molecule has 0 bridgehead atoms. The van der Waals surface area contributed by atoms with Gasteiger partial charge in [0.05, 0.1) is 17.0 Å². The first kappa shape index (κ1) is 17.8. The molecule has 0 fully saturated rings. The van der Waals surface area contributed by atoms with Crippen molar-refractivity contribution in [3.63, 3.8) is 0 Å². The van der Waals surface area contributed by atoms with Crippen molar-refractivity contribution in [2.75, 3.05) is 6.26 Å². The number of ether oxygens (including phenoxy) is 1. The molecule has 3 aromatic rings. The molecular weight excluding hydrogens is 356 g/mol. The number of nitrogens with zero attached hydrogens (tertiary/aromatic N) is 2. The van der Waals surface area contributed by atoms with Crippen LogP contribution in [0.1, 0.15) is 21.6 Å². The minimum atomic E-state index is -3.13.